The molecule has 0 fully saturated rings. The lowest BCUT2D eigenvalue weighted by Gasteiger charge is -2.14. The molecule has 0 aliphatic carbocycles. The van der Waals surface area contributed by atoms with Crippen LogP contribution in [0.3, 0.4) is 0 Å². The largest absolute Gasteiger partial charge is 0.414 e. The molecular weight excluding hydrogens is 205 g/mol. The zero-order valence-corrected chi connectivity index (χ0v) is 7.75. The molecule has 1 nitrogen and oxygen atoms in total. The molecule has 1 atom stereocenters. The summed E-state index contributed by atoms with van der Waals surface area (Å²) >= 11 is 0. The predicted octanol–water partition coefficient (Wildman–Crippen LogP) is 2.13. The van der Waals surface area contributed by atoms with E-state index in [0.29, 0.717) is 11.1 Å². The van der Waals surface area contributed by atoms with Crippen LogP contribution in [0, 0.1) is 12.3 Å². The topological polar surface area (TPSA) is 20.2 Å². The van der Waals surface area contributed by atoms with Crippen molar-refractivity contribution in [1.82, 2.24) is 0 Å². The average Bonchev–Trinajstić information content (AvgIpc) is 2.16. The van der Waals surface area contributed by atoms with Gasteiger partial charge >= 0.3 is 6.18 Å². The Kier molecular flexibility index (Phi) is 3.38. The molecule has 0 amide bonds. The van der Waals surface area contributed by atoms with Crippen LogP contribution in [0.5, 0.6) is 0 Å². The molecule has 0 bridgehead atoms. The number of halogens is 3. The van der Waals surface area contributed by atoms with Gasteiger partial charge in [0.2, 0.25) is 0 Å². The molecule has 0 heterocycles. The fraction of sp³-hybridized carbons (Fsp3) is 0.273. The lowest BCUT2D eigenvalue weighted by Crippen LogP contribution is -2.30. The van der Waals surface area contributed by atoms with E-state index in [9.17, 15) is 13.2 Å². The fourth-order valence-corrected chi connectivity index (χ4v) is 1.13. The van der Waals surface area contributed by atoms with Gasteiger partial charge in [0.05, 0.1) is 0 Å². The molecule has 80 valence electrons. The van der Waals surface area contributed by atoms with Crippen molar-refractivity contribution in [2.75, 3.05) is 0 Å². The quantitative estimate of drug-likeness (QED) is 0.748. The van der Waals surface area contributed by atoms with Gasteiger partial charge in [-0.05, 0) is 17.7 Å². The van der Waals surface area contributed by atoms with Crippen LogP contribution in [0.4, 0.5) is 13.2 Å². The SMILES string of the molecule is C#Cc1cccc(CC(O)C(F)(F)F)c1. The average molecular weight is 214 g/mol. The standard InChI is InChI=1S/C11H9F3O/c1-2-8-4-3-5-9(6-8)7-10(15)11(12,13)14/h1,3-6,10,15H,7H2. The van der Waals surface area contributed by atoms with Gasteiger partial charge < -0.3 is 5.11 Å². The van der Waals surface area contributed by atoms with E-state index < -0.39 is 18.7 Å². The lowest BCUT2D eigenvalue weighted by atomic mass is 10.1. The molecular formula is C11H9F3O. The van der Waals surface area contributed by atoms with Gasteiger partial charge in [0.25, 0.3) is 0 Å². The Balaban J connectivity index is 2.78. The Labute approximate surface area is 85.5 Å². The molecule has 0 radical (unpaired) electrons. The van der Waals surface area contributed by atoms with Gasteiger partial charge in [-0.15, -0.1) is 6.42 Å². The highest BCUT2D eigenvalue weighted by Gasteiger charge is 2.37. The van der Waals surface area contributed by atoms with Crippen molar-refractivity contribution in [3.63, 3.8) is 0 Å². The molecule has 15 heavy (non-hydrogen) atoms. The minimum Gasteiger partial charge on any atom is -0.383 e. The molecule has 0 spiro atoms. The first kappa shape index (κ1) is 11.6. The first-order chi connectivity index (χ1) is 6.93. The third-order valence-corrected chi connectivity index (χ3v) is 1.90. The zero-order chi connectivity index (χ0) is 11.5. The van der Waals surface area contributed by atoms with E-state index in [-0.39, 0.29) is 0 Å². The van der Waals surface area contributed by atoms with E-state index in [4.69, 9.17) is 11.5 Å². The second-order valence-corrected chi connectivity index (χ2v) is 3.11. The third kappa shape index (κ3) is 3.30. The van der Waals surface area contributed by atoms with E-state index in [1.54, 1.807) is 12.1 Å². The van der Waals surface area contributed by atoms with E-state index in [2.05, 4.69) is 5.92 Å². The lowest BCUT2D eigenvalue weighted by molar-refractivity contribution is -0.203. The molecule has 4 heteroatoms. The smallest absolute Gasteiger partial charge is 0.383 e. The number of hydrogen-bond acceptors (Lipinski definition) is 1. The molecule has 1 aromatic rings. The van der Waals surface area contributed by atoms with Gasteiger partial charge in [-0.1, -0.05) is 18.1 Å². The number of rotatable bonds is 2. The Morgan fingerprint density at radius 3 is 2.60 bits per heavy atom. The van der Waals surface area contributed by atoms with E-state index in [1.165, 1.54) is 12.1 Å². The zero-order valence-electron chi connectivity index (χ0n) is 7.75. The van der Waals surface area contributed by atoms with Crippen LogP contribution in [0.25, 0.3) is 0 Å². The Hall–Kier alpha value is -1.47. The molecule has 1 rings (SSSR count). The Bertz CT molecular complexity index is 376. The third-order valence-electron chi connectivity index (χ3n) is 1.90. The predicted molar refractivity (Wildman–Crippen MR) is 50.1 cm³/mol. The van der Waals surface area contributed by atoms with Gasteiger partial charge in [0.1, 0.15) is 0 Å². The second-order valence-electron chi connectivity index (χ2n) is 3.11. The summed E-state index contributed by atoms with van der Waals surface area (Å²) in [6.07, 6.45) is -2.31. The van der Waals surface area contributed by atoms with Crippen molar-refractivity contribution in [3.8, 4) is 12.3 Å². The van der Waals surface area contributed by atoms with Crippen LogP contribution >= 0.6 is 0 Å². The molecule has 0 aliphatic heterocycles. The van der Waals surface area contributed by atoms with E-state index >= 15 is 0 Å². The van der Waals surface area contributed by atoms with Gasteiger partial charge in [0.15, 0.2) is 6.10 Å². The summed E-state index contributed by atoms with van der Waals surface area (Å²) in [4.78, 5) is 0. The maximum atomic E-state index is 12.0. The number of alkyl halides is 3. The van der Waals surface area contributed by atoms with Crippen molar-refractivity contribution in [2.45, 2.75) is 18.7 Å². The van der Waals surface area contributed by atoms with Gasteiger partial charge in [-0.2, -0.15) is 13.2 Å². The monoisotopic (exact) mass is 214 g/mol. The number of benzene rings is 1. The first-order valence-electron chi connectivity index (χ1n) is 4.24. The first-order valence-corrected chi connectivity index (χ1v) is 4.24. The maximum Gasteiger partial charge on any atom is 0.414 e. The van der Waals surface area contributed by atoms with Crippen LogP contribution in [0.2, 0.25) is 0 Å². The van der Waals surface area contributed by atoms with Gasteiger partial charge in [0, 0.05) is 12.0 Å². The highest BCUT2D eigenvalue weighted by molar-refractivity contribution is 5.35. The highest BCUT2D eigenvalue weighted by atomic mass is 19.4. The number of aliphatic hydroxyl groups is 1. The minimum absolute atomic E-state index is 0.371. The summed E-state index contributed by atoms with van der Waals surface area (Å²) in [6, 6.07) is 6.13. The number of terminal acetylenes is 1. The van der Waals surface area contributed by atoms with Crippen LogP contribution in [0.15, 0.2) is 24.3 Å². The van der Waals surface area contributed by atoms with Gasteiger partial charge in [-0.25, -0.2) is 0 Å². The summed E-state index contributed by atoms with van der Waals surface area (Å²) in [6.45, 7) is 0. The van der Waals surface area contributed by atoms with Crippen LogP contribution in [0.1, 0.15) is 11.1 Å². The summed E-state index contributed by atoms with van der Waals surface area (Å²) in [5, 5.41) is 8.83. The summed E-state index contributed by atoms with van der Waals surface area (Å²) in [5.41, 5.74) is 0.872. The van der Waals surface area contributed by atoms with E-state index in [0.717, 1.165) is 0 Å². The van der Waals surface area contributed by atoms with Crippen molar-refractivity contribution >= 4 is 0 Å². The molecule has 1 aromatic carbocycles. The molecule has 0 aromatic heterocycles. The molecule has 0 aliphatic rings. The number of hydrogen-bond donors (Lipinski definition) is 1. The van der Waals surface area contributed by atoms with Crippen LogP contribution in [-0.2, 0) is 6.42 Å². The number of aliphatic hydroxyl groups excluding tert-OH is 1. The maximum absolute atomic E-state index is 12.0. The van der Waals surface area contributed by atoms with Crippen molar-refractivity contribution < 1.29 is 18.3 Å². The normalized spacial score (nSPS) is 13.3. The van der Waals surface area contributed by atoms with Crippen molar-refractivity contribution in [1.29, 1.82) is 0 Å². The van der Waals surface area contributed by atoms with Crippen molar-refractivity contribution in [2.24, 2.45) is 0 Å². The minimum atomic E-state index is -4.59. The van der Waals surface area contributed by atoms with Crippen molar-refractivity contribution in [3.05, 3.63) is 35.4 Å². The Morgan fingerprint density at radius 1 is 1.40 bits per heavy atom. The summed E-state index contributed by atoms with van der Waals surface area (Å²) < 4.78 is 36.1. The van der Waals surface area contributed by atoms with Crippen LogP contribution < -0.4 is 0 Å². The second kappa shape index (κ2) is 4.37. The van der Waals surface area contributed by atoms with Gasteiger partial charge in [-0.3, -0.25) is 0 Å². The highest BCUT2D eigenvalue weighted by Crippen LogP contribution is 2.23. The Morgan fingerprint density at radius 2 is 2.07 bits per heavy atom. The molecule has 1 unspecified atom stereocenters. The van der Waals surface area contributed by atoms with E-state index in [1.807, 2.05) is 0 Å². The summed E-state index contributed by atoms with van der Waals surface area (Å²) in [5.74, 6) is 2.32. The molecule has 0 saturated heterocycles. The van der Waals surface area contributed by atoms with Crippen LogP contribution in [-0.4, -0.2) is 17.4 Å². The summed E-state index contributed by atoms with van der Waals surface area (Å²) in [7, 11) is 0. The fourth-order valence-electron chi connectivity index (χ4n) is 1.13. The molecule has 1 N–H and O–H groups in total. The molecule has 0 saturated carbocycles.